The fourth-order valence-corrected chi connectivity index (χ4v) is 3.88. The van der Waals surface area contributed by atoms with Gasteiger partial charge in [0.25, 0.3) is 0 Å². The number of ketones is 2. The Bertz CT molecular complexity index is 698. The molecule has 0 saturated heterocycles. The summed E-state index contributed by atoms with van der Waals surface area (Å²) in [6, 6.07) is 13.9. The first-order chi connectivity index (χ1) is 10.9. The predicted octanol–water partition coefficient (Wildman–Crippen LogP) is 3.60. The van der Waals surface area contributed by atoms with Crippen LogP contribution in [0.25, 0.3) is 0 Å². The zero-order valence-corrected chi connectivity index (χ0v) is 13.8. The molecular weight excluding hydrogens is 310 g/mol. The second kappa shape index (κ2) is 7.33. The number of hydrogen-bond acceptors (Lipinski definition) is 5. The molecule has 0 radical (unpaired) electrons. The van der Waals surface area contributed by atoms with Crippen molar-refractivity contribution in [2.24, 2.45) is 5.92 Å². The molecule has 4 nitrogen and oxygen atoms in total. The van der Waals surface area contributed by atoms with Crippen LogP contribution >= 0.6 is 11.8 Å². The highest BCUT2D eigenvalue weighted by Crippen LogP contribution is 2.43. The van der Waals surface area contributed by atoms with Crippen molar-refractivity contribution in [3.63, 3.8) is 0 Å². The SMILES string of the molecule is CC(=O)C(C(C)=O)C(Sc1ccccc1N)c1ccc(O)cc1. The molecule has 3 N–H and O–H groups in total. The highest BCUT2D eigenvalue weighted by atomic mass is 32.2. The Hall–Kier alpha value is -2.27. The maximum atomic E-state index is 12.0. The largest absolute Gasteiger partial charge is 0.508 e. The number of thioether (sulfide) groups is 1. The van der Waals surface area contributed by atoms with Gasteiger partial charge in [0.2, 0.25) is 0 Å². The summed E-state index contributed by atoms with van der Waals surface area (Å²) in [6.45, 7) is 2.85. The number of hydrogen-bond donors (Lipinski definition) is 2. The number of phenols is 1. The number of carbonyl (C=O) groups excluding carboxylic acids is 2. The highest BCUT2D eigenvalue weighted by molar-refractivity contribution is 7.99. The standard InChI is InChI=1S/C18H19NO3S/c1-11(20)17(12(2)21)18(13-7-9-14(22)10-8-13)23-16-6-4-3-5-15(16)19/h3-10,17-18,22H,19H2,1-2H3. The van der Waals surface area contributed by atoms with Gasteiger partial charge in [-0.15, -0.1) is 11.8 Å². The first-order valence-corrected chi connectivity index (χ1v) is 8.09. The fraction of sp³-hybridized carbons (Fsp3) is 0.222. The van der Waals surface area contributed by atoms with Crippen LogP contribution in [-0.4, -0.2) is 16.7 Å². The molecule has 23 heavy (non-hydrogen) atoms. The minimum atomic E-state index is -0.760. The summed E-state index contributed by atoms with van der Waals surface area (Å²) in [7, 11) is 0. The molecule has 1 atom stereocenters. The average Bonchev–Trinajstić information content (AvgIpc) is 2.49. The summed E-state index contributed by atoms with van der Waals surface area (Å²) in [4.78, 5) is 24.9. The molecule has 0 aliphatic heterocycles. The fourth-order valence-electron chi connectivity index (χ4n) is 2.43. The second-order valence-electron chi connectivity index (χ2n) is 5.37. The smallest absolute Gasteiger partial charge is 0.141 e. The number of benzene rings is 2. The molecule has 2 rings (SSSR count). The summed E-state index contributed by atoms with van der Waals surface area (Å²) < 4.78 is 0. The van der Waals surface area contributed by atoms with E-state index < -0.39 is 11.2 Å². The van der Waals surface area contributed by atoms with Crippen molar-refractivity contribution < 1.29 is 14.7 Å². The van der Waals surface area contributed by atoms with Crippen LogP contribution in [0, 0.1) is 5.92 Å². The van der Waals surface area contributed by atoms with Crippen molar-refractivity contribution in [1.29, 1.82) is 0 Å². The maximum Gasteiger partial charge on any atom is 0.141 e. The summed E-state index contributed by atoms with van der Waals surface area (Å²) >= 11 is 1.39. The Morgan fingerprint density at radius 2 is 1.57 bits per heavy atom. The lowest BCUT2D eigenvalue weighted by molar-refractivity contribution is -0.130. The summed E-state index contributed by atoms with van der Waals surface area (Å²) in [6.07, 6.45) is 0. The topological polar surface area (TPSA) is 80.4 Å². The molecule has 0 saturated carbocycles. The number of aromatic hydroxyl groups is 1. The van der Waals surface area contributed by atoms with Crippen molar-refractivity contribution >= 4 is 29.0 Å². The second-order valence-corrected chi connectivity index (χ2v) is 6.55. The number of phenolic OH excluding ortho intramolecular Hbond substituents is 1. The molecule has 2 aromatic rings. The van der Waals surface area contributed by atoms with Crippen LogP contribution in [0.1, 0.15) is 24.7 Å². The van der Waals surface area contributed by atoms with Crippen molar-refractivity contribution in [3.8, 4) is 5.75 Å². The van der Waals surface area contributed by atoms with E-state index in [4.69, 9.17) is 5.73 Å². The van der Waals surface area contributed by atoms with Crippen LogP contribution in [0.15, 0.2) is 53.4 Å². The van der Waals surface area contributed by atoms with Crippen molar-refractivity contribution in [2.75, 3.05) is 5.73 Å². The van der Waals surface area contributed by atoms with E-state index in [0.717, 1.165) is 10.5 Å². The van der Waals surface area contributed by atoms with Gasteiger partial charge in [0.15, 0.2) is 0 Å². The molecular formula is C18H19NO3S. The van der Waals surface area contributed by atoms with Crippen LogP contribution in [0.3, 0.4) is 0 Å². The Kier molecular flexibility index (Phi) is 5.45. The number of carbonyl (C=O) groups is 2. The monoisotopic (exact) mass is 329 g/mol. The van der Waals surface area contributed by atoms with Crippen molar-refractivity contribution in [2.45, 2.75) is 24.0 Å². The maximum absolute atomic E-state index is 12.0. The molecule has 0 spiro atoms. The summed E-state index contributed by atoms with van der Waals surface area (Å²) in [5.41, 5.74) is 7.39. The van der Waals surface area contributed by atoms with Gasteiger partial charge in [-0.3, -0.25) is 9.59 Å². The number of nitrogens with two attached hydrogens (primary N) is 1. The molecule has 2 aromatic carbocycles. The third kappa shape index (κ3) is 4.13. The van der Waals surface area contributed by atoms with Gasteiger partial charge in [0.05, 0.1) is 11.2 Å². The zero-order chi connectivity index (χ0) is 17.0. The molecule has 0 aliphatic rings. The van der Waals surface area contributed by atoms with Gasteiger partial charge >= 0.3 is 0 Å². The molecule has 0 bridgehead atoms. The van der Waals surface area contributed by atoms with E-state index in [1.807, 2.05) is 18.2 Å². The Labute approximate surface area is 139 Å². The third-order valence-corrected chi connectivity index (χ3v) is 5.00. The minimum absolute atomic E-state index is 0.138. The van der Waals surface area contributed by atoms with Crippen LogP contribution in [0.5, 0.6) is 5.75 Å². The lowest BCUT2D eigenvalue weighted by Gasteiger charge is -2.24. The summed E-state index contributed by atoms with van der Waals surface area (Å²) in [5.74, 6) is -0.988. The molecule has 0 heterocycles. The van der Waals surface area contributed by atoms with Crippen LogP contribution in [-0.2, 0) is 9.59 Å². The molecule has 0 aromatic heterocycles. The van der Waals surface area contributed by atoms with E-state index in [0.29, 0.717) is 5.69 Å². The normalized spacial score (nSPS) is 12.1. The van der Waals surface area contributed by atoms with Gasteiger partial charge in [-0.1, -0.05) is 24.3 Å². The van der Waals surface area contributed by atoms with Gasteiger partial charge in [-0.2, -0.15) is 0 Å². The molecule has 5 heteroatoms. The number of rotatable bonds is 6. The Balaban J connectivity index is 2.46. The molecule has 0 amide bonds. The van der Waals surface area contributed by atoms with Crippen LogP contribution in [0.2, 0.25) is 0 Å². The van der Waals surface area contributed by atoms with E-state index in [9.17, 15) is 14.7 Å². The first kappa shape index (κ1) is 17.1. The third-order valence-electron chi connectivity index (χ3n) is 3.57. The summed E-state index contributed by atoms with van der Waals surface area (Å²) in [5, 5.41) is 9.08. The van der Waals surface area contributed by atoms with E-state index in [1.165, 1.54) is 25.6 Å². The molecule has 120 valence electrons. The van der Waals surface area contributed by atoms with Crippen LogP contribution < -0.4 is 5.73 Å². The molecule has 0 aliphatic carbocycles. The van der Waals surface area contributed by atoms with Crippen molar-refractivity contribution in [3.05, 3.63) is 54.1 Å². The lowest BCUT2D eigenvalue weighted by atomic mass is 9.92. The van der Waals surface area contributed by atoms with Gasteiger partial charge in [0.1, 0.15) is 17.3 Å². The van der Waals surface area contributed by atoms with Gasteiger partial charge < -0.3 is 10.8 Å². The number of nitrogen functional groups attached to an aromatic ring is 1. The average molecular weight is 329 g/mol. The van der Waals surface area contributed by atoms with Crippen molar-refractivity contribution in [1.82, 2.24) is 0 Å². The predicted molar refractivity (Wildman–Crippen MR) is 92.4 cm³/mol. The van der Waals surface area contributed by atoms with Crippen LogP contribution in [0.4, 0.5) is 5.69 Å². The van der Waals surface area contributed by atoms with Gasteiger partial charge in [0, 0.05) is 10.6 Å². The van der Waals surface area contributed by atoms with Gasteiger partial charge in [-0.05, 0) is 43.7 Å². The molecule has 1 unspecified atom stereocenters. The number of anilines is 1. The Morgan fingerprint density at radius 3 is 2.09 bits per heavy atom. The highest BCUT2D eigenvalue weighted by Gasteiger charge is 2.32. The Morgan fingerprint density at radius 1 is 1.00 bits per heavy atom. The quantitative estimate of drug-likeness (QED) is 0.481. The van der Waals surface area contributed by atoms with E-state index >= 15 is 0 Å². The van der Waals surface area contributed by atoms with E-state index in [-0.39, 0.29) is 17.3 Å². The lowest BCUT2D eigenvalue weighted by Crippen LogP contribution is -2.25. The number of Topliss-reactive ketones (excluding diaryl/α,β-unsaturated/α-hetero) is 2. The van der Waals surface area contributed by atoms with E-state index in [2.05, 4.69) is 0 Å². The first-order valence-electron chi connectivity index (χ1n) is 7.21. The molecule has 0 fully saturated rings. The number of para-hydroxylation sites is 1. The van der Waals surface area contributed by atoms with Gasteiger partial charge in [-0.25, -0.2) is 0 Å². The zero-order valence-electron chi connectivity index (χ0n) is 13.0. The minimum Gasteiger partial charge on any atom is -0.508 e. The van der Waals surface area contributed by atoms with E-state index in [1.54, 1.807) is 30.3 Å².